The molecule has 0 aromatic carbocycles. The Morgan fingerprint density at radius 2 is 1.61 bits per heavy atom. The van der Waals surface area contributed by atoms with E-state index in [1.807, 2.05) is 27.7 Å². The van der Waals surface area contributed by atoms with Crippen LogP contribution < -0.4 is 0 Å². The normalized spacial score (nSPS) is 24.6. The Labute approximate surface area is 113 Å². The number of nitrogens with zero attached hydrogens (tertiary/aromatic N) is 1. The van der Waals surface area contributed by atoms with Crippen molar-refractivity contribution in [1.82, 2.24) is 4.90 Å². The van der Waals surface area contributed by atoms with E-state index in [9.17, 15) is 4.79 Å². The number of ether oxygens (including phenoxy) is 1. The molecule has 3 nitrogen and oxygen atoms in total. The third-order valence-corrected chi connectivity index (χ3v) is 3.42. The van der Waals surface area contributed by atoms with Crippen molar-refractivity contribution in [2.24, 2.45) is 0 Å². The molecular weight excluding hydrogens is 226 g/mol. The molecule has 2 rings (SSSR count). The van der Waals surface area contributed by atoms with E-state index >= 15 is 0 Å². The van der Waals surface area contributed by atoms with Gasteiger partial charge in [0, 0.05) is 19.3 Å². The summed E-state index contributed by atoms with van der Waals surface area (Å²) in [6, 6.07) is 0.804. The van der Waals surface area contributed by atoms with Crippen LogP contribution in [-0.2, 0) is 9.53 Å². The van der Waals surface area contributed by atoms with Gasteiger partial charge in [-0.2, -0.15) is 0 Å². The number of carbonyl (C=O) groups is 1. The summed E-state index contributed by atoms with van der Waals surface area (Å²) >= 11 is 0. The molecule has 0 aromatic heterocycles. The second-order valence-corrected chi connectivity index (χ2v) is 4.35. The zero-order valence-electron chi connectivity index (χ0n) is 12.9. The highest BCUT2D eigenvalue weighted by Crippen LogP contribution is 2.25. The van der Waals surface area contributed by atoms with E-state index in [-0.39, 0.29) is 6.04 Å². The number of ketones is 1. The Morgan fingerprint density at radius 3 is 2.11 bits per heavy atom. The molecule has 0 aromatic rings. The third kappa shape index (κ3) is 5.07. The summed E-state index contributed by atoms with van der Waals surface area (Å²) < 4.78 is 5.34. The van der Waals surface area contributed by atoms with E-state index in [0.717, 1.165) is 39.0 Å². The number of hydrogen-bond acceptors (Lipinski definition) is 3. The van der Waals surface area contributed by atoms with E-state index in [1.54, 1.807) is 6.92 Å². The fraction of sp³-hybridized carbons (Fsp3) is 0.933. The average Bonchev–Trinajstić information content (AvgIpc) is 2.94. The minimum atomic E-state index is 0.207. The molecule has 0 saturated carbocycles. The first kappa shape index (κ1) is 17.6. The van der Waals surface area contributed by atoms with Gasteiger partial charge in [-0.3, -0.25) is 9.69 Å². The van der Waals surface area contributed by atoms with Gasteiger partial charge in [0.1, 0.15) is 5.78 Å². The molecule has 0 amide bonds. The van der Waals surface area contributed by atoms with E-state index < -0.39 is 0 Å². The van der Waals surface area contributed by atoms with Crippen LogP contribution in [0.3, 0.4) is 0 Å². The number of rotatable bonds is 2. The van der Waals surface area contributed by atoms with Gasteiger partial charge in [0.25, 0.3) is 0 Å². The summed E-state index contributed by atoms with van der Waals surface area (Å²) in [5, 5.41) is 0. The van der Waals surface area contributed by atoms with Crippen molar-refractivity contribution in [1.29, 1.82) is 0 Å². The monoisotopic (exact) mass is 257 g/mol. The Morgan fingerprint density at radius 1 is 1.06 bits per heavy atom. The van der Waals surface area contributed by atoms with Crippen LogP contribution >= 0.6 is 0 Å². The predicted molar refractivity (Wildman–Crippen MR) is 76.9 cm³/mol. The molecule has 2 aliphatic heterocycles. The molecule has 2 saturated heterocycles. The van der Waals surface area contributed by atoms with Crippen molar-refractivity contribution in [3.05, 3.63) is 0 Å². The lowest BCUT2D eigenvalue weighted by Crippen LogP contribution is -2.45. The quantitative estimate of drug-likeness (QED) is 0.760. The minimum Gasteiger partial charge on any atom is -0.381 e. The fourth-order valence-corrected chi connectivity index (χ4v) is 2.68. The summed E-state index contributed by atoms with van der Waals surface area (Å²) in [7, 11) is 0. The number of hydrogen-bond donors (Lipinski definition) is 0. The van der Waals surface area contributed by atoms with Crippen LogP contribution in [0.25, 0.3) is 0 Å². The van der Waals surface area contributed by atoms with Crippen LogP contribution in [0.1, 0.15) is 60.3 Å². The maximum atomic E-state index is 11.4. The predicted octanol–water partition coefficient (Wildman–Crippen LogP) is 3.27. The fourth-order valence-electron chi connectivity index (χ4n) is 2.68. The topological polar surface area (TPSA) is 29.5 Å². The molecule has 3 heteroatoms. The van der Waals surface area contributed by atoms with Crippen molar-refractivity contribution in [2.45, 2.75) is 72.4 Å². The zero-order valence-corrected chi connectivity index (χ0v) is 12.9. The number of Topliss-reactive ketones (excluding diaryl/α,β-unsaturated/α-hetero) is 1. The summed E-state index contributed by atoms with van der Waals surface area (Å²) in [6.07, 6.45) is 4.45. The third-order valence-electron chi connectivity index (χ3n) is 3.42. The molecule has 0 N–H and O–H groups in total. The average molecular weight is 257 g/mol. The van der Waals surface area contributed by atoms with Crippen LogP contribution in [0.15, 0.2) is 0 Å². The summed E-state index contributed by atoms with van der Waals surface area (Å²) in [6.45, 7) is 12.6. The Balaban J connectivity index is 0.000000659. The number of likely N-dealkylation sites (tertiary alicyclic amines) is 1. The molecule has 0 spiro atoms. The van der Waals surface area contributed by atoms with E-state index in [0.29, 0.717) is 11.8 Å². The molecule has 0 aliphatic carbocycles. The first-order valence-corrected chi connectivity index (χ1v) is 7.63. The lowest BCUT2D eigenvalue weighted by Gasteiger charge is -2.34. The Hall–Kier alpha value is -0.410. The molecule has 2 aliphatic rings. The summed E-state index contributed by atoms with van der Waals surface area (Å²) in [4.78, 5) is 13.8. The van der Waals surface area contributed by atoms with Crippen LogP contribution in [0.2, 0.25) is 0 Å². The molecular formula is C15H31NO2. The zero-order chi connectivity index (χ0) is 14.0. The molecule has 108 valence electrons. The summed E-state index contributed by atoms with van der Waals surface area (Å²) in [5.41, 5.74) is 0. The second kappa shape index (κ2) is 10.5. The molecule has 1 atom stereocenters. The van der Waals surface area contributed by atoms with E-state index in [1.165, 1.54) is 6.42 Å². The van der Waals surface area contributed by atoms with Gasteiger partial charge < -0.3 is 4.74 Å². The van der Waals surface area contributed by atoms with Gasteiger partial charge >= 0.3 is 0 Å². The van der Waals surface area contributed by atoms with Gasteiger partial charge in [-0.05, 0) is 39.2 Å². The first-order valence-electron chi connectivity index (χ1n) is 7.63. The standard InChI is InChI=1S/C11H19NO2.2C2H6/c1-9(13)11-3-2-6-12(11)10-4-7-14-8-5-10;2*1-2/h10-11H,2-8H2,1H3;2*1-2H3/t11-;;/m0../s1. The van der Waals surface area contributed by atoms with Crippen molar-refractivity contribution in [3.8, 4) is 0 Å². The van der Waals surface area contributed by atoms with Gasteiger partial charge in [0.15, 0.2) is 0 Å². The Kier molecular flexibility index (Phi) is 10.3. The molecule has 0 radical (unpaired) electrons. The van der Waals surface area contributed by atoms with Crippen molar-refractivity contribution < 1.29 is 9.53 Å². The van der Waals surface area contributed by atoms with Crippen LogP contribution in [0.4, 0.5) is 0 Å². The van der Waals surface area contributed by atoms with E-state index in [4.69, 9.17) is 4.74 Å². The van der Waals surface area contributed by atoms with Crippen molar-refractivity contribution in [2.75, 3.05) is 19.8 Å². The lowest BCUT2D eigenvalue weighted by molar-refractivity contribution is -0.122. The van der Waals surface area contributed by atoms with Crippen LogP contribution in [-0.4, -0.2) is 42.5 Å². The van der Waals surface area contributed by atoms with E-state index in [2.05, 4.69) is 4.90 Å². The van der Waals surface area contributed by atoms with Gasteiger partial charge in [0.05, 0.1) is 6.04 Å². The van der Waals surface area contributed by atoms with Gasteiger partial charge in [0.2, 0.25) is 0 Å². The highest BCUT2D eigenvalue weighted by Gasteiger charge is 2.33. The lowest BCUT2D eigenvalue weighted by atomic mass is 10.0. The molecule has 2 fully saturated rings. The second-order valence-electron chi connectivity index (χ2n) is 4.35. The number of carbonyl (C=O) groups excluding carboxylic acids is 1. The summed E-state index contributed by atoms with van der Waals surface area (Å²) in [5.74, 6) is 0.342. The molecule has 0 unspecified atom stereocenters. The maximum Gasteiger partial charge on any atom is 0.146 e. The van der Waals surface area contributed by atoms with Gasteiger partial charge in [-0.15, -0.1) is 0 Å². The SMILES string of the molecule is CC.CC.CC(=O)[C@@H]1CCCN1C1CCOCC1. The molecule has 18 heavy (non-hydrogen) atoms. The van der Waals surface area contributed by atoms with Crippen LogP contribution in [0, 0.1) is 0 Å². The maximum absolute atomic E-state index is 11.4. The largest absolute Gasteiger partial charge is 0.381 e. The van der Waals surface area contributed by atoms with Gasteiger partial charge in [-0.1, -0.05) is 27.7 Å². The molecule has 0 bridgehead atoms. The smallest absolute Gasteiger partial charge is 0.146 e. The first-order chi connectivity index (χ1) is 8.79. The van der Waals surface area contributed by atoms with Gasteiger partial charge in [-0.25, -0.2) is 0 Å². The van der Waals surface area contributed by atoms with Crippen LogP contribution in [0.5, 0.6) is 0 Å². The highest BCUT2D eigenvalue weighted by molar-refractivity contribution is 5.81. The van der Waals surface area contributed by atoms with Crippen molar-refractivity contribution in [3.63, 3.8) is 0 Å². The Bertz CT molecular complexity index is 213. The molecule has 2 heterocycles. The minimum absolute atomic E-state index is 0.207. The highest BCUT2D eigenvalue weighted by atomic mass is 16.5. The van der Waals surface area contributed by atoms with Crippen molar-refractivity contribution >= 4 is 5.78 Å².